The van der Waals surface area contributed by atoms with Crippen molar-refractivity contribution in [3.63, 3.8) is 0 Å². The molecule has 2 rings (SSSR count). The summed E-state index contributed by atoms with van der Waals surface area (Å²) in [5.74, 6) is 0.128. The summed E-state index contributed by atoms with van der Waals surface area (Å²) in [6, 6.07) is 12.0. The molecule has 0 bridgehead atoms. The van der Waals surface area contributed by atoms with Gasteiger partial charge in [0.05, 0.1) is 10.6 Å². The van der Waals surface area contributed by atoms with Crippen LogP contribution in [0.1, 0.15) is 22.3 Å². The van der Waals surface area contributed by atoms with Crippen LogP contribution in [0.3, 0.4) is 0 Å². The van der Waals surface area contributed by atoms with Crippen molar-refractivity contribution < 1.29 is 9.59 Å². The predicted molar refractivity (Wildman–Crippen MR) is 121 cm³/mol. The lowest BCUT2D eigenvalue weighted by Crippen LogP contribution is -2.47. The van der Waals surface area contributed by atoms with Gasteiger partial charge in [0.25, 0.3) is 5.91 Å². The standard InChI is InChI=1S/C20H22Cl2N2O2S2/c1-27-10-9-18(24-19(25)16-8-5-14(21)11-17(16)22)20(26)23-12-13-3-6-15(28-2)7-4-13/h3-8,11,18H,9-10,12H2,1-2H3,(H,23,26)(H,24,25). The third-order valence-electron chi connectivity index (χ3n) is 4.03. The fourth-order valence-corrected chi connectivity index (χ4v) is 3.84. The van der Waals surface area contributed by atoms with Crippen molar-refractivity contribution in [1.29, 1.82) is 0 Å². The van der Waals surface area contributed by atoms with E-state index in [1.165, 1.54) is 11.0 Å². The summed E-state index contributed by atoms with van der Waals surface area (Å²) in [5, 5.41) is 6.39. The highest BCUT2D eigenvalue weighted by Gasteiger charge is 2.22. The normalized spacial score (nSPS) is 11.7. The van der Waals surface area contributed by atoms with Crippen LogP contribution < -0.4 is 10.6 Å². The van der Waals surface area contributed by atoms with Crippen LogP contribution in [-0.4, -0.2) is 36.1 Å². The average Bonchev–Trinajstić information content (AvgIpc) is 2.69. The van der Waals surface area contributed by atoms with Crippen LogP contribution >= 0.6 is 46.7 Å². The Bertz CT molecular complexity index is 816. The molecule has 1 atom stereocenters. The number of carbonyl (C=O) groups excluding carboxylic acids is 2. The second-order valence-electron chi connectivity index (χ2n) is 6.00. The third kappa shape index (κ3) is 6.92. The van der Waals surface area contributed by atoms with Crippen molar-refractivity contribution in [3.8, 4) is 0 Å². The van der Waals surface area contributed by atoms with Crippen molar-refractivity contribution in [2.24, 2.45) is 0 Å². The number of halogens is 2. The van der Waals surface area contributed by atoms with Gasteiger partial charge in [0.15, 0.2) is 0 Å². The van der Waals surface area contributed by atoms with Gasteiger partial charge in [0, 0.05) is 16.5 Å². The minimum Gasteiger partial charge on any atom is -0.350 e. The lowest BCUT2D eigenvalue weighted by atomic mass is 10.1. The van der Waals surface area contributed by atoms with Gasteiger partial charge in [0.2, 0.25) is 5.91 Å². The van der Waals surface area contributed by atoms with Crippen LogP contribution in [0.4, 0.5) is 0 Å². The minimum absolute atomic E-state index is 0.221. The second kappa shape index (κ2) is 11.6. The van der Waals surface area contributed by atoms with E-state index in [2.05, 4.69) is 10.6 Å². The number of carbonyl (C=O) groups is 2. The second-order valence-corrected chi connectivity index (χ2v) is 8.71. The molecule has 2 amide bonds. The molecule has 1 unspecified atom stereocenters. The van der Waals surface area contributed by atoms with E-state index in [0.29, 0.717) is 23.6 Å². The molecule has 0 aromatic heterocycles. The molecule has 0 fully saturated rings. The van der Waals surface area contributed by atoms with Crippen molar-refractivity contribution in [2.75, 3.05) is 18.3 Å². The maximum atomic E-state index is 12.7. The fraction of sp³-hybridized carbons (Fsp3) is 0.300. The Morgan fingerprint density at radius 1 is 1.07 bits per heavy atom. The number of hydrogen-bond acceptors (Lipinski definition) is 4. The maximum absolute atomic E-state index is 12.7. The van der Waals surface area contributed by atoms with Crippen LogP contribution in [0.25, 0.3) is 0 Å². The Morgan fingerprint density at radius 2 is 1.79 bits per heavy atom. The lowest BCUT2D eigenvalue weighted by molar-refractivity contribution is -0.123. The highest BCUT2D eigenvalue weighted by Crippen LogP contribution is 2.21. The molecule has 0 saturated carbocycles. The number of hydrogen-bond donors (Lipinski definition) is 2. The highest BCUT2D eigenvalue weighted by molar-refractivity contribution is 7.98. The van der Waals surface area contributed by atoms with Gasteiger partial charge < -0.3 is 10.6 Å². The van der Waals surface area contributed by atoms with Gasteiger partial charge in [-0.05, 0) is 60.6 Å². The maximum Gasteiger partial charge on any atom is 0.253 e. The van der Waals surface area contributed by atoms with E-state index in [9.17, 15) is 9.59 Å². The molecule has 0 aliphatic rings. The molecular formula is C20H22Cl2N2O2S2. The van der Waals surface area contributed by atoms with E-state index in [1.54, 1.807) is 35.7 Å². The van der Waals surface area contributed by atoms with E-state index < -0.39 is 11.9 Å². The van der Waals surface area contributed by atoms with Gasteiger partial charge in [0.1, 0.15) is 6.04 Å². The Labute approximate surface area is 184 Å². The molecule has 0 aliphatic carbocycles. The first-order valence-corrected chi connectivity index (χ1v) is 12.0. The monoisotopic (exact) mass is 456 g/mol. The van der Waals surface area contributed by atoms with Gasteiger partial charge in [-0.3, -0.25) is 9.59 Å². The predicted octanol–water partition coefficient (Wildman–Crippen LogP) is 4.88. The molecule has 8 heteroatoms. The summed E-state index contributed by atoms with van der Waals surface area (Å²) in [7, 11) is 0. The van der Waals surface area contributed by atoms with Crippen molar-refractivity contribution in [3.05, 3.63) is 63.6 Å². The SMILES string of the molecule is CSCCC(NC(=O)c1ccc(Cl)cc1Cl)C(=O)NCc1ccc(SC)cc1. The third-order valence-corrected chi connectivity index (χ3v) is 5.97. The smallest absolute Gasteiger partial charge is 0.253 e. The fourth-order valence-electron chi connectivity index (χ4n) is 2.47. The molecule has 2 aromatic carbocycles. The molecule has 0 saturated heterocycles. The van der Waals surface area contributed by atoms with Gasteiger partial charge in [-0.1, -0.05) is 35.3 Å². The van der Waals surface area contributed by atoms with E-state index in [1.807, 2.05) is 36.8 Å². The Balaban J connectivity index is 2.02. The largest absolute Gasteiger partial charge is 0.350 e. The van der Waals surface area contributed by atoms with Gasteiger partial charge in [-0.25, -0.2) is 0 Å². The molecule has 2 aromatic rings. The summed E-state index contributed by atoms with van der Waals surface area (Å²) in [5.41, 5.74) is 1.29. The summed E-state index contributed by atoms with van der Waals surface area (Å²) in [6.07, 6.45) is 4.50. The van der Waals surface area contributed by atoms with Crippen molar-refractivity contribution in [2.45, 2.75) is 23.9 Å². The van der Waals surface area contributed by atoms with E-state index >= 15 is 0 Å². The molecule has 2 N–H and O–H groups in total. The number of amides is 2. The Hall–Kier alpha value is -1.34. The summed E-state index contributed by atoms with van der Waals surface area (Å²) < 4.78 is 0. The molecule has 150 valence electrons. The molecule has 28 heavy (non-hydrogen) atoms. The lowest BCUT2D eigenvalue weighted by Gasteiger charge is -2.19. The number of rotatable bonds is 9. The quantitative estimate of drug-likeness (QED) is 0.527. The van der Waals surface area contributed by atoms with Crippen LogP contribution in [0.15, 0.2) is 47.4 Å². The summed E-state index contributed by atoms with van der Waals surface area (Å²) >= 11 is 15.3. The molecule has 0 spiro atoms. The average molecular weight is 457 g/mol. The molecule has 0 aliphatic heterocycles. The van der Waals surface area contributed by atoms with Crippen LogP contribution in [0, 0.1) is 0 Å². The molecule has 4 nitrogen and oxygen atoms in total. The van der Waals surface area contributed by atoms with E-state index in [0.717, 1.165) is 11.3 Å². The number of nitrogens with one attached hydrogen (secondary N) is 2. The topological polar surface area (TPSA) is 58.2 Å². The first-order chi connectivity index (χ1) is 13.4. The molecular weight excluding hydrogens is 435 g/mol. The van der Waals surface area contributed by atoms with Crippen LogP contribution in [-0.2, 0) is 11.3 Å². The van der Waals surface area contributed by atoms with Crippen molar-refractivity contribution in [1.82, 2.24) is 10.6 Å². The van der Waals surface area contributed by atoms with Crippen LogP contribution in [0.5, 0.6) is 0 Å². The zero-order chi connectivity index (χ0) is 20.5. The minimum atomic E-state index is -0.642. The van der Waals surface area contributed by atoms with Crippen LogP contribution in [0.2, 0.25) is 10.0 Å². The number of benzene rings is 2. The van der Waals surface area contributed by atoms with Gasteiger partial charge in [-0.2, -0.15) is 11.8 Å². The summed E-state index contributed by atoms with van der Waals surface area (Å²) in [4.78, 5) is 26.4. The van der Waals surface area contributed by atoms with Gasteiger partial charge in [-0.15, -0.1) is 11.8 Å². The first kappa shape index (κ1) is 22.9. The Morgan fingerprint density at radius 3 is 2.39 bits per heavy atom. The molecule has 0 radical (unpaired) electrons. The molecule has 0 heterocycles. The van der Waals surface area contributed by atoms with E-state index in [-0.39, 0.29) is 10.9 Å². The zero-order valence-corrected chi connectivity index (χ0v) is 18.8. The highest BCUT2D eigenvalue weighted by atomic mass is 35.5. The summed E-state index contributed by atoms with van der Waals surface area (Å²) in [6.45, 7) is 0.404. The zero-order valence-electron chi connectivity index (χ0n) is 15.6. The Kier molecular flexibility index (Phi) is 9.51. The van der Waals surface area contributed by atoms with Crippen molar-refractivity contribution >= 4 is 58.5 Å². The van der Waals surface area contributed by atoms with E-state index in [4.69, 9.17) is 23.2 Å². The van der Waals surface area contributed by atoms with Gasteiger partial charge >= 0.3 is 0 Å². The first-order valence-electron chi connectivity index (χ1n) is 8.60. The number of thioether (sulfide) groups is 2.